The van der Waals surface area contributed by atoms with Gasteiger partial charge in [-0.25, -0.2) is 16.8 Å². The van der Waals surface area contributed by atoms with E-state index in [4.69, 9.17) is 4.74 Å². The van der Waals surface area contributed by atoms with Crippen LogP contribution in [0.1, 0.15) is 13.8 Å². The van der Waals surface area contributed by atoms with Crippen molar-refractivity contribution in [2.75, 3.05) is 49.0 Å². The van der Waals surface area contributed by atoms with Gasteiger partial charge in [0.25, 0.3) is 10.0 Å². The number of morpholine rings is 1. The Bertz CT molecular complexity index is 1060. The number of benzene rings is 2. The molecule has 0 amide bonds. The second kappa shape index (κ2) is 9.34. The van der Waals surface area contributed by atoms with Gasteiger partial charge in [0.1, 0.15) is 0 Å². The average Bonchev–Trinajstić information content (AvgIpc) is 2.75. The van der Waals surface area contributed by atoms with Crippen molar-refractivity contribution in [2.24, 2.45) is 0 Å². The van der Waals surface area contributed by atoms with Crippen molar-refractivity contribution >= 4 is 31.4 Å². The first-order valence-corrected chi connectivity index (χ1v) is 12.8. The predicted octanol–water partition coefficient (Wildman–Crippen LogP) is 2.35. The number of ether oxygens (including phenoxy) is 1. The fourth-order valence-corrected chi connectivity index (χ4v) is 5.92. The minimum Gasteiger partial charge on any atom is -0.378 e. The van der Waals surface area contributed by atoms with Gasteiger partial charge in [0, 0.05) is 26.2 Å². The fraction of sp³-hybridized carbons (Fsp3) is 0.400. The Hall–Kier alpha value is -2.14. The highest BCUT2D eigenvalue weighted by Gasteiger charge is 2.26. The van der Waals surface area contributed by atoms with E-state index in [1.165, 1.54) is 28.6 Å². The molecule has 1 aliphatic rings. The molecule has 2 aromatic rings. The third kappa shape index (κ3) is 4.77. The molecular weight excluding hydrogens is 426 g/mol. The average molecular weight is 454 g/mol. The van der Waals surface area contributed by atoms with Crippen LogP contribution in [-0.4, -0.2) is 60.5 Å². The summed E-state index contributed by atoms with van der Waals surface area (Å²) in [7, 11) is -7.62. The van der Waals surface area contributed by atoms with Crippen molar-refractivity contribution in [3.63, 3.8) is 0 Å². The molecule has 10 heteroatoms. The molecule has 0 bridgehead atoms. The Labute approximate surface area is 178 Å². The molecule has 1 aliphatic heterocycles. The topological polar surface area (TPSA) is 96.0 Å². The summed E-state index contributed by atoms with van der Waals surface area (Å²) >= 11 is 0. The van der Waals surface area contributed by atoms with E-state index >= 15 is 0 Å². The Kier molecular flexibility index (Phi) is 7.02. The molecule has 0 radical (unpaired) electrons. The molecule has 0 spiro atoms. The molecule has 0 aromatic heterocycles. The second-order valence-electron chi connectivity index (χ2n) is 6.79. The van der Waals surface area contributed by atoms with E-state index < -0.39 is 20.0 Å². The molecule has 1 N–H and O–H groups in total. The van der Waals surface area contributed by atoms with E-state index in [0.29, 0.717) is 45.1 Å². The number of rotatable bonds is 8. The molecule has 0 aliphatic carbocycles. The van der Waals surface area contributed by atoms with Crippen molar-refractivity contribution in [1.29, 1.82) is 0 Å². The van der Waals surface area contributed by atoms with Gasteiger partial charge < -0.3 is 9.64 Å². The van der Waals surface area contributed by atoms with Gasteiger partial charge in [-0.1, -0.05) is 32.0 Å². The SMILES string of the molecule is CCN(CC)S(=O)(=O)c1ccc(N2CCOCC2)c(NS(=O)(=O)c2ccccc2)c1. The third-order valence-electron chi connectivity index (χ3n) is 4.96. The summed E-state index contributed by atoms with van der Waals surface area (Å²) in [6.45, 7) is 6.40. The maximum Gasteiger partial charge on any atom is 0.261 e. The zero-order valence-corrected chi connectivity index (χ0v) is 18.7. The van der Waals surface area contributed by atoms with Gasteiger partial charge in [0.05, 0.1) is 34.4 Å². The molecule has 0 unspecified atom stereocenters. The number of anilines is 2. The lowest BCUT2D eigenvalue weighted by Gasteiger charge is -2.31. The first-order valence-electron chi connectivity index (χ1n) is 9.84. The summed E-state index contributed by atoms with van der Waals surface area (Å²) in [6.07, 6.45) is 0. The molecule has 0 atom stereocenters. The zero-order valence-electron chi connectivity index (χ0n) is 17.1. The summed E-state index contributed by atoms with van der Waals surface area (Å²) in [4.78, 5) is 2.14. The lowest BCUT2D eigenvalue weighted by Crippen LogP contribution is -2.37. The van der Waals surface area contributed by atoms with Crippen LogP contribution < -0.4 is 9.62 Å². The van der Waals surface area contributed by atoms with E-state index in [9.17, 15) is 16.8 Å². The molecular formula is C20H27N3O5S2. The Morgan fingerprint density at radius 1 is 0.933 bits per heavy atom. The summed E-state index contributed by atoms with van der Waals surface area (Å²) in [5.74, 6) is 0. The van der Waals surface area contributed by atoms with Crippen LogP contribution in [0, 0.1) is 0 Å². The number of sulfonamides is 2. The van der Waals surface area contributed by atoms with Gasteiger partial charge in [0.15, 0.2) is 0 Å². The molecule has 3 rings (SSSR count). The first-order chi connectivity index (χ1) is 14.3. The van der Waals surface area contributed by atoms with Crippen molar-refractivity contribution in [2.45, 2.75) is 23.6 Å². The molecule has 1 heterocycles. The van der Waals surface area contributed by atoms with Gasteiger partial charge in [-0.3, -0.25) is 4.72 Å². The Morgan fingerprint density at radius 3 is 2.17 bits per heavy atom. The Morgan fingerprint density at radius 2 is 1.57 bits per heavy atom. The van der Waals surface area contributed by atoms with Crippen LogP contribution in [0.25, 0.3) is 0 Å². The second-order valence-corrected chi connectivity index (χ2v) is 10.4. The Balaban J connectivity index is 2.07. The highest BCUT2D eigenvalue weighted by atomic mass is 32.2. The van der Waals surface area contributed by atoms with Gasteiger partial charge >= 0.3 is 0 Å². The lowest BCUT2D eigenvalue weighted by atomic mass is 10.2. The van der Waals surface area contributed by atoms with E-state index in [0.717, 1.165) is 0 Å². The van der Waals surface area contributed by atoms with Crippen molar-refractivity contribution < 1.29 is 21.6 Å². The highest BCUT2D eigenvalue weighted by molar-refractivity contribution is 7.92. The maximum absolute atomic E-state index is 13.0. The minimum absolute atomic E-state index is 0.0500. The van der Waals surface area contributed by atoms with Crippen LogP contribution in [0.15, 0.2) is 58.3 Å². The lowest BCUT2D eigenvalue weighted by molar-refractivity contribution is 0.123. The van der Waals surface area contributed by atoms with Crippen LogP contribution >= 0.6 is 0 Å². The molecule has 164 valence electrons. The van der Waals surface area contributed by atoms with Crippen molar-refractivity contribution in [3.05, 3.63) is 48.5 Å². The van der Waals surface area contributed by atoms with Crippen molar-refractivity contribution in [1.82, 2.24) is 4.31 Å². The third-order valence-corrected chi connectivity index (χ3v) is 8.39. The van der Waals surface area contributed by atoms with E-state index in [-0.39, 0.29) is 15.5 Å². The minimum atomic E-state index is -3.88. The molecule has 30 heavy (non-hydrogen) atoms. The predicted molar refractivity (Wildman–Crippen MR) is 117 cm³/mol. The van der Waals surface area contributed by atoms with Gasteiger partial charge in [-0.15, -0.1) is 0 Å². The van der Waals surface area contributed by atoms with E-state index in [1.54, 1.807) is 38.1 Å². The maximum atomic E-state index is 13.0. The largest absolute Gasteiger partial charge is 0.378 e. The van der Waals surface area contributed by atoms with Crippen LogP contribution in [0.4, 0.5) is 11.4 Å². The molecule has 8 nitrogen and oxygen atoms in total. The number of nitrogens with zero attached hydrogens (tertiary/aromatic N) is 2. The van der Waals surface area contributed by atoms with Gasteiger partial charge in [-0.2, -0.15) is 4.31 Å². The van der Waals surface area contributed by atoms with Gasteiger partial charge in [-0.05, 0) is 30.3 Å². The van der Waals surface area contributed by atoms with Crippen LogP contribution in [0.5, 0.6) is 0 Å². The summed E-state index contributed by atoms with van der Waals surface area (Å²) in [5, 5.41) is 0. The molecule has 0 saturated carbocycles. The zero-order chi connectivity index (χ0) is 21.8. The van der Waals surface area contributed by atoms with E-state index in [2.05, 4.69) is 4.72 Å². The van der Waals surface area contributed by atoms with Crippen LogP contribution in [0.2, 0.25) is 0 Å². The van der Waals surface area contributed by atoms with E-state index in [1.807, 2.05) is 4.90 Å². The summed E-state index contributed by atoms with van der Waals surface area (Å²) in [5.41, 5.74) is 0.852. The molecule has 1 fully saturated rings. The highest BCUT2D eigenvalue weighted by Crippen LogP contribution is 2.32. The number of hydrogen-bond acceptors (Lipinski definition) is 6. The van der Waals surface area contributed by atoms with Crippen LogP contribution in [-0.2, 0) is 24.8 Å². The number of hydrogen-bond donors (Lipinski definition) is 1. The normalized spacial score (nSPS) is 15.4. The monoisotopic (exact) mass is 453 g/mol. The molecule has 2 aromatic carbocycles. The van der Waals surface area contributed by atoms with Gasteiger partial charge in [0.2, 0.25) is 10.0 Å². The van der Waals surface area contributed by atoms with Crippen molar-refractivity contribution in [3.8, 4) is 0 Å². The summed E-state index contributed by atoms with van der Waals surface area (Å²) < 4.78 is 61.2. The molecule has 1 saturated heterocycles. The number of nitrogens with one attached hydrogen (secondary N) is 1. The first kappa shape index (κ1) is 22.5. The smallest absolute Gasteiger partial charge is 0.261 e. The fourth-order valence-electron chi connectivity index (χ4n) is 3.35. The quantitative estimate of drug-likeness (QED) is 0.659. The standard InChI is InChI=1S/C20H27N3O5S2/c1-3-23(4-2)30(26,27)18-10-11-20(22-12-14-28-15-13-22)19(16-18)21-29(24,25)17-8-6-5-7-9-17/h5-11,16,21H,3-4,12-15H2,1-2H3. The van der Waals surface area contributed by atoms with Crippen LogP contribution in [0.3, 0.4) is 0 Å². The summed E-state index contributed by atoms with van der Waals surface area (Å²) in [6, 6.07) is 12.6.